The number of hydrogen-bond donors (Lipinski definition) is 1. The number of halogens is 1. The number of carbonyl (C=O) groups is 1. The van der Waals surface area contributed by atoms with Gasteiger partial charge in [-0.25, -0.2) is 4.98 Å². The van der Waals surface area contributed by atoms with Crippen LogP contribution in [-0.4, -0.2) is 30.1 Å². The van der Waals surface area contributed by atoms with Gasteiger partial charge in [0.25, 0.3) is 5.91 Å². The number of ether oxygens (including phenoxy) is 2. The minimum atomic E-state index is -0.221. The van der Waals surface area contributed by atoms with E-state index in [1.165, 1.54) is 12.3 Å². The topological polar surface area (TPSA) is 60.5 Å². The van der Waals surface area contributed by atoms with Crippen LogP contribution < -0.4 is 14.8 Å². The van der Waals surface area contributed by atoms with Gasteiger partial charge in [0.05, 0.1) is 6.54 Å². The van der Waals surface area contributed by atoms with Gasteiger partial charge in [-0.15, -0.1) is 0 Å². The SMILES string of the molecule is O=C(NCC1COc2ccccc2O1)c1ccnc(Cl)c1. The van der Waals surface area contributed by atoms with Crippen LogP contribution in [0.3, 0.4) is 0 Å². The van der Waals surface area contributed by atoms with Gasteiger partial charge in [0.1, 0.15) is 17.9 Å². The normalized spacial score (nSPS) is 16.3. The molecule has 1 aliphatic heterocycles. The number of nitrogens with zero attached hydrogens (tertiary/aromatic N) is 1. The molecule has 1 aliphatic rings. The van der Waals surface area contributed by atoms with Crippen LogP contribution in [0.2, 0.25) is 5.15 Å². The van der Waals surface area contributed by atoms with Crippen molar-refractivity contribution in [1.82, 2.24) is 10.3 Å². The number of aromatic nitrogens is 1. The molecular weight excluding hydrogens is 292 g/mol. The van der Waals surface area contributed by atoms with E-state index < -0.39 is 0 Å². The molecular formula is C15H13ClN2O3. The van der Waals surface area contributed by atoms with Gasteiger partial charge in [-0.3, -0.25) is 4.79 Å². The molecule has 1 aromatic heterocycles. The minimum absolute atomic E-state index is 0.221. The second-order valence-corrected chi connectivity index (χ2v) is 4.96. The molecule has 0 radical (unpaired) electrons. The zero-order valence-corrected chi connectivity index (χ0v) is 11.8. The van der Waals surface area contributed by atoms with Crippen LogP contribution in [0.15, 0.2) is 42.6 Å². The van der Waals surface area contributed by atoms with E-state index in [1.54, 1.807) is 6.07 Å². The van der Waals surface area contributed by atoms with Crippen LogP contribution in [0.5, 0.6) is 11.5 Å². The van der Waals surface area contributed by atoms with E-state index >= 15 is 0 Å². The lowest BCUT2D eigenvalue weighted by atomic mass is 10.2. The monoisotopic (exact) mass is 304 g/mol. The fourth-order valence-electron chi connectivity index (χ4n) is 2.02. The fraction of sp³-hybridized carbons (Fsp3) is 0.200. The summed E-state index contributed by atoms with van der Waals surface area (Å²) in [5.74, 6) is 1.19. The van der Waals surface area contributed by atoms with Crippen LogP contribution in [0.1, 0.15) is 10.4 Å². The second-order valence-electron chi connectivity index (χ2n) is 4.57. The first-order valence-corrected chi connectivity index (χ1v) is 6.88. The fourth-order valence-corrected chi connectivity index (χ4v) is 2.19. The van der Waals surface area contributed by atoms with Crippen molar-refractivity contribution in [3.05, 3.63) is 53.3 Å². The van der Waals surface area contributed by atoms with Crippen molar-refractivity contribution in [2.45, 2.75) is 6.10 Å². The summed E-state index contributed by atoms with van der Waals surface area (Å²) in [6.45, 7) is 0.751. The summed E-state index contributed by atoms with van der Waals surface area (Å²) in [6, 6.07) is 10.6. The van der Waals surface area contributed by atoms with Gasteiger partial charge in [0.2, 0.25) is 0 Å². The molecule has 3 rings (SSSR count). The van der Waals surface area contributed by atoms with Gasteiger partial charge in [-0.05, 0) is 24.3 Å². The summed E-state index contributed by atoms with van der Waals surface area (Å²) >= 11 is 5.76. The Labute approximate surface area is 126 Å². The van der Waals surface area contributed by atoms with Crippen LogP contribution in [0.25, 0.3) is 0 Å². The molecule has 6 heteroatoms. The van der Waals surface area contributed by atoms with Crippen LogP contribution in [0, 0.1) is 0 Å². The lowest BCUT2D eigenvalue weighted by Gasteiger charge is -2.26. The van der Waals surface area contributed by atoms with Crippen LogP contribution in [0.4, 0.5) is 0 Å². The lowest BCUT2D eigenvalue weighted by molar-refractivity contribution is 0.0789. The first kappa shape index (κ1) is 13.7. The van der Waals surface area contributed by atoms with E-state index in [2.05, 4.69) is 10.3 Å². The highest BCUT2D eigenvalue weighted by Gasteiger charge is 2.21. The quantitative estimate of drug-likeness (QED) is 0.884. The van der Waals surface area contributed by atoms with Crippen molar-refractivity contribution in [2.24, 2.45) is 0 Å². The predicted octanol–water partition coefficient (Wildman–Crippen LogP) is 2.30. The third kappa shape index (κ3) is 3.25. The first-order chi connectivity index (χ1) is 10.2. The Balaban J connectivity index is 1.58. The average molecular weight is 305 g/mol. The molecule has 1 aromatic carbocycles. The molecule has 21 heavy (non-hydrogen) atoms. The van der Waals surface area contributed by atoms with Gasteiger partial charge in [0.15, 0.2) is 11.5 Å². The molecule has 0 spiro atoms. The van der Waals surface area contributed by atoms with Gasteiger partial charge < -0.3 is 14.8 Å². The Kier molecular flexibility index (Phi) is 3.92. The molecule has 1 N–H and O–H groups in total. The summed E-state index contributed by atoms with van der Waals surface area (Å²) in [4.78, 5) is 15.8. The highest BCUT2D eigenvalue weighted by Crippen LogP contribution is 2.30. The lowest BCUT2D eigenvalue weighted by Crippen LogP contribution is -2.40. The number of hydrogen-bond acceptors (Lipinski definition) is 4. The van der Waals surface area contributed by atoms with Crippen molar-refractivity contribution in [3.8, 4) is 11.5 Å². The van der Waals surface area contributed by atoms with Crippen molar-refractivity contribution in [3.63, 3.8) is 0 Å². The molecule has 0 bridgehead atoms. The zero-order valence-electron chi connectivity index (χ0n) is 11.1. The number of benzene rings is 1. The number of rotatable bonds is 3. The number of pyridine rings is 1. The Morgan fingerprint density at radius 1 is 1.33 bits per heavy atom. The number of para-hydroxylation sites is 2. The molecule has 0 saturated carbocycles. The summed E-state index contributed by atoms with van der Waals surface area (Å²) in [6.07, 6.45) is 1.27. The van der Waals surface area contributed by atoms with E-state index in [4.69, 9.17) is 21.1 Å². The number of carbonyl (C=O) groups excluding carboxylic acids is 1. The van der Waals surface area contributed by atoms with Crippen molar-refractivity contribution >= 4 is 17.5 Å². The largest absolute Gasteiger partial charge is 0.486 e. The molecule has 2 heterocycles. The second kappa shape index (κ2) is 6.01. The molecule has 5 nitrogen and oxygen atoms in total. The third-order valence-electron chi connectivity index (χ3n) is 3.05. The Morgan fingerprint density at radius 2 is 2.14 bits per heavy atom. The molecule has 1 atom stereocenters. The van der Waals surface area contributed by atoms with Crippen LogP contribution in [-0.2, 0) is 0 Å². The number of fused-ring (bicyclic) bond motifs is 1. The maximum Gasteiger partial charge on any atom is 0.251 e. The highest BCUT2D eigenvalue weighted by molar-refractivity contribution is 6.29. The summed E-state index contributed by atoms with van der Waals surface area (Å²) in [7, 11) is 0. The molecule has 0 aliphatic carbocycles. The summed E-state index contributed by atoms with van der Waals surface area (Å²) in [5.41, 5.74) is 0.465. The number of nitrogens with one attached hydrogen (secondary N) is 1. The van der Waals surface area contributed by atoms with Gasteiger partial charge in [-0.1, -0.05) is 23.7 Å². The van der Waals surface area contributed by atoms with E-state index in [1.807, 2.05) is 24.3 Å². The van der Waals surface area contributed by atoms with E-state index in [0.717, 1.165) is 5.75 Å². The molecule has 0 fully saturated rings. The van der Waals surface area contributed by atoms with E-state index in [-0.39, 0.29) is 17.2 Å². The van der Waals surface area contributed by atoms with Crippen molar-refractivity contribution in [2.75, 3.05) is 13.2 Å². The van der Waals surface area contributed by atoms with Crippen LogP contribution >= 0.6 is 11.6 Å². The van der Waals surface area contributed by atoms with Gasteiger partial charge >= 0.3 is 0 Å². The van der Waals surface area contributed by atoms with Crippen molar-refractivity contribution in [1.29, 1.82) is 0 Å². The third-order valence-corrected chi connectivity index (χ3v) is 3.25. The predicted molar refractivity (Wildman–Crippen MR) is 77.9 cm³/mol. The maximum atomic E-state index is 12.0. The molecule has 0 saturated heterocycles. The maximum absolute atomic E-state index is 12.0. The summed E-state index contributed by atoms with van der Waals surface area (Å²) < 4.78 is 11.3. The summed E-state index contributed by atoms with van der Waals surface area (Å²) in [5, 5.41) is 3.08. The first-order valence-electron chi connectivity index (χ1n) is 6.50. The van der Waals surface area contributed by atoms with Gasteiger partial charge in [-0.2, -0.15) is 0 Å². The Morgan fingerprint density at radius 3 is 2.95 bits per heavy atom. The minimum Gasteiger partial charge on any atom is -0.486 e. The highest BCUT2D eigenvalue weighted by atomic mass is 35.5. The smallest absolute Gasteiger partial charge is 0.251 e. The molecule has 1 unspecified atom stereocenters. The molecule has 108 valence electrons. The molecule has 1 amide bonds. The number of amides is 1. The van der Waals surface area contributed by atoms with E-state index in [9.17, 15) is 4.79 Å². The average Bonchev–Trinajstić information content (AvgIpc) is 2.52. The van der Waals surface area contributed by atoms with Gasteiger partial charge in [0, 0.05) is 11.8 Å². The Hall–Kier alpha value is -2.27. The Bertz CT molecular complexity index is 663. The standard InChI is InChI=1S/C15H13ClN2O3/c16-14-7-10(5-6-17-14)15(19)18-8-11-9-20-12-3-1-2-4-13(12)21-11/h1-7,11H,8-9H2,(H,18,19). The molecule has 2 aromatic rings. The van der Waals surface area contributed by atoms with Crippen molar-refractivity contribution < 1.29 is 14.3 Å². The zero-order chi connectivity index (χ0) is 14.7. The van der Waals surface area contributed by atoms with E-state index in [0.29, 0.717) is 24.5 Å².